The summed E-state index contributed by atoms with van der Waals surface area (Å²) >= 11 is 11.8. The fourth-order valence-corrected chi connectivity index (χ4v) is 4.23. The van der Waals surface area contributed by atoms with Crippen molar-refractivity contribution in [2.45, 2.75) is 11.3 Å². The van der Waals surface area contributed by atoms with Gasteiger partial charge in [0.1, 0.15) is 11.6 Å². The predicted molar refractivity (Wildman–Crippen MR) is 123 cm³/mol. The molecule has 0 aliphatic rings. The lowest BCUT2D eigenvalue weighted by Gasteiger charge is -2.12. The molecule has 0 atom stereocenters. The molecule has 0 heterocycles. The molecule has 1 amide bonds. The lowest BCUT2D eigenvalue weighted by atomic mass is 10.2. The van der Waals surface area contributed by atoms with E-state index in [9.17, 15) is 17.6 Å². The number of carbonyl (C=O) groups is 1. The van der Waals surface area contributed by atoms with Crippen LogP contribution in [0, 0.1) is 5.82 Å². The van der Waals surface area contributed by atoms with Crippen LogP contribution in [0.3, 0.4) is 0 Å². The normalized spacial score (nSPS) is 11.2. The summed E-state index contributed by atoms with van der Waals surface area (Å²) in [4.78, 5) is 12.4. The smallest absolute Gasteiger partial charge is 0.258 e. The van der Waals surface area contributed by atoms with Gasteiger partial charge in [-0.3, -0.25) is 4.79 Å². The minimum absolute atomic E-state index is 0.114. The molecule has 0 fully saturated rings. The van der Waals surface area contributed by atoms with Gasteiger partial charge in [-0.05, 0) is 60.5 Å². The summed E-state index contributed by atoms with van der Waals surface area (Å²) in [6.07, 6.45) is 0.430. The lowest BCUT2D eigenvalue weighted by molar-refractivity contribution is 0.102. The molecule has 32 heavy (non-hydrogen) atoms. The van der Waals surface area contributed by atoms with Crippen molar-refractivity contribution >= 4 is 44.8 Å². The Balaban J connectivity index is 1.76. The largest absolute Gasteiger partial charge is 0.495 e. The Morgan fingerprint density at radius 3 is 2.38 bits per heavy atom. The van der Waals surface area contributed by atoms with E-state index < -0.39 is 27.3 Å². The second kappa shape index (κ2) is 10.3. The number of methoxy groups -OCH3 is 1. The number of hydrogen-bond acceptors (Lipinski definition) is 4. The van der Waals surface area contributed by atoms with Gasteiger partial charge in [-0.25, -0.2) is 17.5 Å². The van der Waals surface area contributed by atoms with Crippen LogP contribution in [0.25, 0.3) is 0 Å². The molecule has 0 bridgehead atoms. The van der Waals surface area contributed by atoms with Crippen LogP contribution < -0.4 is 14.8 Å². The summed E-state index contributed by atoms with van der Waals surface area (Å²) in [5, 5.41) is 3.41. The monoisotopic (exact) mass is 496 g/mol. The van der Waals surface area contributed by atoms with Crippen molar-refractivity contribution in [3.8, 4) is 5.75 Å². The standard InChI is InChI=1S/C22H19Cl2FN2O4S/c1-31-21-9-6-16(24)12-20(21)27-22(28)18-13-17(7-8-19(18)25)32(29,30)26-11-10-14-2-4-15(23)5-3-14/h2-9,12-13,26H,10-11H2,1H3,(H,27,28). The molecule has 0 aliphatic heterocycles. The van der Waals surface area contributed by atoms with Crippen LogP contribution in [-0.2, 0) is 16.4 Å². The highest BCUT2D eigenvalue weighted by Crippen LogP contribution is 2.28. The van der Waals surface area contributed by atoms with Gasteiger partial charge in [0.2, 0.25) is 10.0 Å². The first-order valence-corrected chi connectivity index (χ1v) is 11.6. The molecule has 3 rings (SSSR count). The molecule has 0 aromatic heterocycles. The van der Waals surface area contributed by atoms with Gasteiger partial charge in [0.15, 0.2) is 0 Å². The maximum Gasteiger partial charge on any atom is 0.258 e. The number of carbonyl (C=O) groups excluding carboxylic acids is 1. The summed E-state index contributed by atoms with van der Waals surface area (Å²) in [7, 11) is -2.57. The van der Waals surface area contributed by atoms with Crippen LogP contribution in [0.4, 0.5) is 10.1 Å². The van der Waals surface area contributed by atoms with E-state index in [0.717, 1.165) is 23.8 Å². The Labute approximate surface area is 195 Å². The van der Waals surface area contributed by atoms with Crippen molar-refractivity contribution < 1.29 is 22.3 Å². The third-order valence-corrected chi connectivity index (χ3v) is 6.47. The first-order valence-electron chi connectivity index (χ1n) is 9.38. The van der Waals surface area contributed by atoms with Crippen LogP contribution in [0.1, 0.15) is 15.9 Å². The molecule has 0 saturated carbocycles. The van der Waals surface area contributed by atoms with Gasteiger partial charge in [-0.15, -0.1) is 0 Å². The number of ether oxygens (including phenoxy) is 1. The van der Waals surface area contributed by atoms with Gasteiger partial charge in [0.05, 0.1) is 23.3 Å². The van der Waals surface area contributed by atoms with E-state index in [0.29, 0.717) is 22.2 Å². The fraction of sp³-hybridized carbons (Fsp3) is 0.136. The highest BCUT2D eigenvalue weighted by Gasteiger charge is 2.20. The molecule has 0 spiro atoms. The van der Waals surface area contributed by atoms with Crippen molar-refractivity contribution in [3.63, 3.8) is 0 Å². The van der Waals surface area contributed by atoms with Gasteiger partial charge >= 0.3 is 0 Å². The Morgan fingerprint density at radius 1 is 1.00 bits per heavy atom. The lowest BCUT2D eigenvalue weighted by Crippen LogP contribution is -2.26. The highest BCUT2D eigenvalue weighted by atomic mass is 35.5. The number of benzene rings is 3. The minimum atomic E-state index is -3.97. The summed E-state index contributed by atoms with van der Waals surface area (Å²) < 4.78 is 47.2. The molecule has 2 N–H and O–H groups in total. The molecule has 3 aromatic carbocycles. The summed E-state index contributed by atoms with van der Waals surface area (Å²) in [5.74, 6) is -1.40. The van der Waals surface area contributed by atoms with Crippen LogP contribution in [0.15, 0.2) is 65.6 Å². The number of amides is 1. The topological polar surface area (TPSA) is 84.5 Å². The van der Waals surface area contributed by atoms with Crippen molar-refractivity contribution in [2.75, 3.05) is 19.0 Å². The SMILES string of the molecule is COc1ccc(Cl)cc1NC(=O)c1cc(S(=O)(=O)NCCc2ccc(Cl)cc2)ccc1F. The van der Waals surface area contributed by atoms with Gasteiger partial charge in [0, 0.05) is 16.6 Å². The Hall–Kier alpha value is -2.65. The van der Waals surface area contributed by atoms with Crippen LogP contribution in [0.5, 0.6) is 5.75 Å². The minimum Gasteiger partial charge on any atom is -0.495 e. The Morgan fingerprint density at radius 2 is 1.69 bits per heavy atom. The summed E-state index contributed by atoms with van der Waals surface area (Å²) in [6.45, 7) is 0.114. The summed E-state index contributed by atoms with van der Waals surface area (Å²) in [5.41, 5.74) is 0.679. The van der Waals surface area contributed by atoms with Gasteiger partial charge < -0.3 is 10.1 Å². The molecule has 168 valence electrons. The van der Waals surface area contributed by atoms with Gasteiger partial charge in [-0.2, -0.15) is 0 Å². The Bertz CT molecular complexity index is 1240. The predicted octanol–water partition coefficient (Wildman–Crippen LogP) is 4.91. The van der Waals surface area contributed by atoms with Crippen molar-refractivity contribution in [1.29, 1.82) is 0 Å². The van der Waals surface area contributed by atoms with Crippen molar-refractivity contribution in [3.05, 3.63) is 87.7 Å². The van der Waals surface area contributed by atoms with E-state index in [1.165, 1.54) is 13.2 Å². The Kier molecular flexibility index (Phi) is 7.73. The maximum absolute atomic E-state index is 14.3. The molecule has 0 radical (unpaired) electrons. The first-order chi connectivity index (χ1) is 15.2. The number of nitrogens with one attached hydrogen (secondary N) is 2. The third kappa shape index (κ3) is 5.98. The molecule has 0 unspecified atom stereocenters. The zero-order valence-corrected chi connectivity index (χ0v) is 19.2. The van der Waals surface area contributed by atoms with Crippen LogP contribution >= 0.6 is 23.2 Å². The second-order valence-electron chi connectivity index (χ2n) is 6.71. The third-order valence-electron chi connectivity index (χ3n) is 4.52. The van der Waals surface area contributed by atoms with E-state index in [-0.39, 0.29) is 17.1 Å². The fourth-order valence-electron chi connectivity index (χ4n) is 2.88. The highest BCUT2D eigenvalue weighted by molar-refractivity contribution is 7.89. The summed E-state index contributed by atoms with van der Waals surface area (Å²) in [6, 6.07) is 14.6. The number of anilines is 1. The van der Waals surface area contributed by atoms with E-state index in [1.807, 2.05) is 0 Å². The van der Waals surface area contributed by atoms with Gasteiger partial charge in [-0.1, -0.05) is 35.3 Å². The van der Waals surface area contributed by atoms with Crippen LogP contribution in [0.2, 0.25) is 10.0 Å². The number of halogens is 3. The van der Waals surface area contributed by atoms with E-state index in [4.69, 9.17) is 27.9 Å². The molecule has 10 heteroatoms. The average Bonchev–Trinajstić information content (AvgIpc) is 2.75. The average molecular weight is 497 g/mol. The van der Waals surface area contributed by atoms with Crippen molar-refractivity contribution in [1.82, 2.24) is 4.72 Å². The van der Waals surface area contributed by atoms with E-state index in [1.54, 1.807) is 36.4 Å². The van der Waals surface area contributed by atoms with E-state index >= 15 is 0 Å². The maximum atomic E-state index is 14.3. The van der Waals surface area contributed by atoms with E-state index in [2.05, 4.69) is 10.0 Å². The molecule has 0 aliphatic carbocycles. The zero-order chi connectivity index (χ0) is 23.3. The molecule has 6 nitrogen and oxygen atoms in total. The quantitative estimate of drug-likeness (QED) is 0.463. The first kappa shape index (κ1) is 24.0. The second-order valence-corrected chi connectivity index (χ2v) is 9.35. The van der Waals surface area contributed by atoms with Gasteiger partial charge in [0.25, 0.3) is 5.91 Å². The molecule has 3 aromatic rings. The molecular weight excluding hydrogens is 478 g/mol. The number of hydrogen-bond donors (Lipinski definition) is 2. The van der Waals surface area contributed by atoms with Crippen molar-refractivity contribution in [2.24, 2.45) is 0 Å². The zero-order valence-electron chi connectivity index (χ0n) is 16.9. The molecule has 0 saturated heterocycles. The number of sulfonamides is 1. The number of rotatable bonds is 8. The van der Waals surface area contributed by atoms with Crippen LogP contribution in [-0.4, -0.2) is 28.0 Å². The molecular formula is C22H19Cl2FN2O4S.